The molecule has 0 bridgehead atoms. The molecule has 0 saturated heterocycles. The Kier molecular flexibility index (Phi) is 2.31. The van der Waals surface area contributed by atoms with Crippen LogP contribution in [0.4, 0.5) is 0 Å². The van der Waals surface area contributed by atoms with Gasteiger partial charge in [0, 0.05) is 23.3 Å². The van der Waals surface area contributed by atoms with Gasteiger partial charge in [-0.05, 0) is 38.3 Å². The van der Waals surface area contributed by atoms with Gasteiger partial charge >= 0.3 is 0 Å². The third-order valence-corrected chi connectivity index (χ3v) is 3.05. The minimum Gasteiger partial charge on any atom is -0.322 e. The lowest BCUT2D eigenvalue weighted by Gasteiger charge is -2.25. The van der Waals surface area contributed by atoms with Crippen molar-refractivity contribution in [2.75, 3.05) is 0 Å². The van der Waals surface area contributed by atoms with E-state index in [-0.39, 0.29) is 5.54 Å². The van der Waals surface area contributed by atoms with E-state index in [0.29, 0.717) is 5.92 Å². The fraction of sp³-hybridized carbons (Fsp3) is 0.583. The molecule has 0 radical (unpaired) electrons. The van der Waals surface area contributed by atoms with Crippen LogP contribution in [0, 0.1) is 0 Å². The summed E-state index contributed by atoms with van der Waals surface area (Å²) in [5, 5.41) is 0. The molecule has 2 nitrogen and oxygen atoms in total. The molecular weight excluding hydrogens is 172 g/mol. The highest BCUT2D eigenvalue weighted by atomic mass is 14.7. The van der Waals surface area contributed by atoms with Crippen LogP contribution in [-0.4, -0.2) is 4.98 Å². The molecular formula is C12H18N2. The second-order valence-corrected chi connectivity index (χ2v) is 4.82. The topological polar surface area (TPSA) is 38.9 Å². The first-order valence-electron chi connectivity index (χ1n) is 5.33. The van der Waals surface area contributed by atoms with Gasteiger partial charge in [-0.2, -0.15) is 0 Å². The highest BCUT2D eigenvalue weighted by Crippen LogP contribution is 2.35. The van der Waals surface area contributed by atoms with E-state index in [0.717, 1.165) is 5.56 Å². The summed E-state index contributed by atoms with van der Waals surface area (Å²) in [6, 6.07) is 4.24. The first-order chi connectivity index (χ1) is 6.57. The average Bonchev–Trinajstić information content (AvgIpc) is 2.00. The summed E-state index contributed by atoms with van der Waals surface area (Å²) in [6.07, 6.45) is 5.89. The molecule has 0 unspecified atom stereocenters. The lowest BCUT2D eigenvalue weighted by atomic mass is 9.82. The Morgan fingerprint density at radius 3 is 2.43 bits per heavy atom. The van der Waals surface area contributed by atoms with Gasteiger partial charge in [0.15, 0.2) is 0 Å². The van der Waals surface area contributed by atoms with Gasteiger partial charge in [-0.1, -0.05) is 12.5 Å². The summed E-state index contributed by atoms with van der Waals surface area (Å²) < 4.78 is 0. The van der Waals surface area contributed by atoms with E-state index < -0.39 is 0 Å². The van der Waals surface area contributed by atoms with Crippen molar-refractivity contribution in [2.45, 2.75) is 44.6 Å². The predicted octanol–water partition coefficient (Wildman–Crippen LogP) is 2.54. The maximum Gasteiger partial charge on any atom is 0.0434 e. The van der Waals surface area contributed by atoms with Crippen LogP contribution in [-0.2, 0) is 5.54 Å². The molecule has 1 saturated carbocycles. The predicted molar refractivity (Wildman–Crippen MR) is 58.0 cm³/mol. The molecule has 0 aliphatic heterocycles. The molecule has 0 amide bonds. The first kappa shape index (κ1) is 9.66. The minimum absolute atomic E-state index is 0.273. The SMILES string of the molecule is CC(C)(N)c1ccc(C2CCC2)nc1. The van der Waals surface area contributed by atoms with Crippen LogP contribution >= 0.6 is 0 Å². The van der Waals surface area contributed by atoms with Gasteiger partial charge in [-0.15, -0.1) is 0 Å². The molecule has 0 aromatic carbocycles. The highest BCUT2D eigenvalue weighted by Gasteiger charge is 2.21. The third-order valence-electron chi connectivity index (χ3n) is 3.05. The molecule has 2 heteroatoms. The number of nitrogens with two attached hydrogens (primary N) is 1. The maximum absolute atomic E-state index is 5.99. The van der Waals surface area contributed by atoms with Crippen molar-refractivity contribution in [3.8, 4) is 0 Å². The molecule has 1 aromatic heterocycles. The molecule has 1 aliphatic rings. The third kappa shape index (κ3) is 1.80. The summed E-state index contributed by atoms with van der Waals surface area (Å²) in [5.74, 6) is 0.713. The van der Waals surface area contributed by atoms with E-state index in [1.807, 2.05) is 20.0 Å². The van der Waals surface area contributed by atoms with Crippen LogP contribution in [0.2, 0.25) is 0 Å². The van der Waals surface area contributed by atoms with Crippen LogP contribution in [0.5, 0.6) is 0 Å². The number of hydrogen-bond acceptors (Lipinski definition) is 2. The van der Waals surface area contributed by atoms with Crippen molar-refractivity contribution >= 4 is 0 Å². The van der Waals surface area contributed by atoms with E-state index in [1.165, 1.54) is 25.0 Å². The summed E-state index contributed by atoms with van der Waals surface area (Å²) in [7, 11) is 0. The van der Waals surface area contributed by atoms with Crippen molar-refractivity contribution in [2.24, 2.45) is 5.73 Å². The molecule has 1 aromatic rings. The Hall–Kier alpha value is -0.890. The smallest absolute Gasteiger partial charge is 0.0434 e. The zero-order chi connectivity index (χ0) is 10.2. The Bertz CT molecular complexity index is 304. The zero-order valence-corrected chi connectivity index (χ0v) is 8.96. The Balaban J connectivity index is 2.17. The Labute approximate surface area is 85.5 Å². The molecule has 2 rings (SSSR count). The number of rotatable bonds is 2. The number of pyridine rings is 1. The van der Waals surface area contributed by atoms with Gasteiger partial charge in [0.25, 0.3) is 0 Å². The minimum atomic E-state index is -0.273. The summed E-state index contributed by atoms with van der Waals surface area (Å²) >= 11 is 0. The summed E-state index contributed by atoms with van der Waals surface area (Å²) in [4.78, 5) is 4.49. The van der Waals surface area contributed by atoms with E-state index in [2.05, 4.69) is 17.1 Å². The van der Waals surface area contributed by atoms with Gasteiger partial charge < -0.3 is 5.73 Å². The molecule has 0 atom stereocenters. The van der Waals surface area contributed by atoms with E-state index in [9.17, 15) is 0 Å². The monoisotopic (exact) mass is 190 g/mol. The largest absolute Gasteiger partial charge is 0.322 e. The molecule has 2 N–H and O–H groups in total. The lowest BCUT2D eigenvalue weighted by molar-refractivity contribution is 0.410. The first-order valence-corrected chi connectivity index (χ1v) is 5.33. The highest BCUT2D eigenvalue weighted by molar-refractivity contribution is 5.23. The standard InChI is InChI=1S/C12H18N2/c1-12(2,13)10-6-7-11(14-8-10)9-4-3-5-9/h6-9H,3-5,13H2,1-2H3. The summed E-state index contributed by atoms with van der Waals surface area (Å²) in [5.41, 5.74) is 8.07. The van der Waals surface area contributed by atoms with Gasteiger partial charge in [0.1, 0.15) is 0 Å². The second kappa shape index (κ2) is 3.35. The zero-order valence-electron chi connectivity index (χ0n) is 8.96. The lowest BCUT2D eigenvalue weighted by Crippen LogP contribution is -2.28. The van der Waals surface area contributed by atoms with Crippen molar-refractivity contribution in [1.82, 2.24) is 4.98 Å². The number of hydrogen-bond donors (Lipinski definition) is 1. The van der Waals surface area contributed by atoms with Crippen LogP contribution in [0.15, 0.2) is 18.3 Å². The number of nitrogens with zero attached hydrogens (tertiary/aromatic N) is 1. The van der Waals surface area contributed by atoms with Crippen LogP contribution < -0.4 is 5.73 Å². The van der Waals surface area contributed by atoms with Crippen molar-refractivity contribution in [3.63, 3.8) is 0 Å². The fourth-order valence-corrected chi connectivity index (χ4v) is 1.73. The number of aromatic nitrogens is 1. The van der Waals surface area contributed by atoms with Crippen molar-refractivity contribution in [1.29, 1.82) is 0 Å². The Morgan fingerprint density at radius 2 is 2.07 bits per heavy atom. The van der Waals surface area contributed by atoms with Gasteiger partial charge in [0.2, 0.25) is 0 Å². The van der Waals surface area contributed by atoms with E-state index in [4.69, 9.17) is 5.73 Å². The van der Waals surface area contributed by atoms with Crippen LogP contribution in [0.3, 0.4) is 0 Å². The van der Waals surface area contributed by atoms with Gasteiger partial charge in [-0.25, -0.2) is 0 Å². The van der Waals surface area contributed by atoms with Crippen molar-refractivity contribution in [3.05, 3.63) is 29.6 Å². The van der Waals surface area contributed by atoms with Crippen LogP contribution in [0.25, 0.3) is 0 Å². The molecule has 14 heavy (non-hydrogen) atoms. The molecule has 0 spiro atoms. The van der Waals surface area contributed by atoms with Crippen LogP contribution in [0.1, 0.15) is 50.3 Å². The Morgan fingerprint density at radius 1 is 1.36 bits per heavy atom. The fourth-order valence-electron chi connectivity index (χ4n) is 1.73. The molecule has 1 fully saturated rings. The second-order valence-electron chi connectivity index (χ2n) is 4.82. The maximum atomic E-state index is 5.99. The van der Waals surface area contributed by atoms with Crippen molar-refractivity contribution < 1.29 is 0 Å². The molecule has 76 valence electrons. The van der Waals surface area contributed by atoms with Gasteiger partial charge in [0.05, 0.1) is 0 Å². The molecule has 1 heterocycles. The summed E-state index contributed by atoms with van der Waals surface area (Å²) in [6.45, 7) is 4.01. The quantitative estimate of drug-likeness (QED) is 0.778. The van der Waals surface area contributed by atoms with E-state index in [1.54, 1.807) is 0 Å². The average molecular weight is 190 g/mol. The molecule has 1 aliphatic carbocycles. The van der Waals surface area contributed by atoms with Gasteiger partial charge in [-0.3, -0.25) is 4.98 Å². The normalized spacial score (nSPS) is 17.9. The van der Waals surface area contributed by atoms with E-state index >= 15 is 0 Å².